The number of phenols is 1. The van der Waals surface area contributed by atoms with E-state index < -0.39 is 75.1 Å². The van der Waals surface area contributed by atoms with Crippen molar-refractivity contribution in [2.75, 3.05) is 0 Å². The molecule has 0 saturated heterocycles. The molecule has 0 bridgehead atoms. The Morgan fingerprint density at radius 3 is 1.47 bits per heavy atom. The van der Waals surface area contributed by atoms with Crippen LogP contribution in [0.5, 0.6) is 11.5 Å². The summed E-state index contributed by atoms with van der Waals surface area (Å²) < 4.78 is 116. The van der Waals surface area contributed by atoms with Gasteiger partial charge in [0.2, 0.25) is 29.0 Å². The zero-order valence-corrected chi connectivity index (χ0v) is 14.2. The number of hydrogen-bond donors (Lipinski definition) is 1. The van der Waals surface area contributed by atoms with Gasteiger partial charge in [0.05, 0.1) is 16.7 Å². The number of aromatic hydroxyl groups is 1. The third kappa shape index (κ3) is 3.21. The molecule has 0 atom stereocenters. The lowest BCUT2D eigenvalue weighted by molar-refractivity contribution is 0.0717. The minimum Gasteiger partial charge on any atom is -0.503 e. The van der Waals surface area contributed by atoms with Crippen molar-refractivity contribution in [3.05, 3.63) is 82.4 Å². The van der Waals surface area contributed by atoms with E-state index in [1.54, 1.807) is 0 Å². The van der Waals surface area contributed by atoms with Crippen molar-refractivity contribution in [1.82, 2.24) is 0 Å². The molecule has 0 saturated carbocycles. The number of benzene rings is 3. The Kier molecular flexibility index (Phi) is 5.38. The van der Waals surface area contributed by atoms with Crippen LogP contribution in [0, 0.1) is 46.5 Å². The minimum atomic E-state index is -2.52. The lowest BCUT2D eigenvalue weighted by atomic mass is 10.0. The van der Waals surface area contributed by atoms with E-state index in [1.165, 1.54) is 18.2 Å². The number of ether oxygens (including phenoxy) is 1. The average Bonchev–Trinajstić information content (AvgIpc) is 2.75. The van der Waals surface area contributed by atoms with Crippen LogP contribution >= 0.6 is 0 Å². The highest BCUT2D eigenvalue weighted by atomic mass is 19.2. The molecule has 156 valence electrons. The van der Waals surface area contributed by atoms with E-state index in [4.69, 9.17) is 5.11 Å². The smallest absolute Gasteiger partial charge is 0.343 e. The Morgan fingerprint density at radius 2 is 1.03 bits per heavy atom. The van der Waals surface area contributed by atoms with Crippen molar-refractivity contribution in [1.29, 1.82) is 0 Å². The number of rotatable bonds is 3. The monoisotopic (exact) mass is 434 g/mol. The van der Waals surface area contributed by atoms with Crippen LogP contribution < -0.4 is 4.74 Å². The normalized spacial score (nSPS) is 10.9. The average molecular weight is 434 g/mol. The van der Waals surface area contributed by atoms with E-state index in [0.29, 0.717) is 0 Å². The van der Waals surface area contributed by atoms with Crippen LogP contribution in [0.1, 0.15) is 10.4 Å². The van der Waals surface area contributed by atoms with Gasteiger partial charge in [-0.3, -0.25) is 0 Å². The first-order chi connectivity index (χ1) is 14.1. The van der Waals surface area contributed by atoms with Gasteiger partial charge in [0, 0.05) is 0 Å². The standard InChI is InChI=1S/C19H6F8O3/c20-9-7(10(21)14(25)17(28)13(9)24)8-11(22)15(26)18(16(27)12(8)23)30-19(29)6-4-2-1-3-5-6/h1-5,28H. The van der Waals surface area contributed by atoms with Crippen LogP contribution in [-0.2, 0) is 0 Å². The van der Waals surface area contributed by atoms with Crippen LogP contribution in [0.4, 0.5) is 35.1 Å². The molecule has 0 spiro atoms. The van der Waals surface area contributed by atoms with Crippen LogP contribution in [0.25, 0.3) is 11.1 Å². The second kappa shape index (κ2) is 7.65. The topological polar surface area (TPSA) is 46.5 Å². The molecule has 0 amide bonds. The molecule has 11 heteroatoms. The highest BCUT2D eigenvalue weighted by Crippen LogP contribution is 2.41. The highest BCUT2D eigenvalue weighted by molar-refractivity contribution is 5.91. The summed E-state index contributed by atoms with van der Waals surface area (Å²) in [6, 6.07) is 6.45. The van der Waals surface area contributed by atoms with Crippen molar-refractivity contribution in [3.63, 3.8) is 0 Å². The molecule has 30 heavy (non-hydrogen) atoms. The van der Waals surface area contributed by atoms with Crippen LogP contribution in [0.15, 0.2) is 30.3 Å². The predicted molar refractivity (Wildman–Crippen MR) is 84.6 cm³/mol. The molecule has 0 fully saturated rings. The third-order valence-electron chi connectivity index (χ3n) is 3.92. The van der Waals surface area contributed by atoms with Crippen molar-refractivity contribution < 1.29 is 49.8 Å². The van der Waals surface area contributed by atoms with Gasteiger partial charge < -0.3 is 9.84 Å². The lowest BCUT2D eigenvalue weighted by Crippen LogP contribution is -2.14. The van der Waals surface area contributed by atoms with Gasteiger partial charge in [-0.1, -0.05) is 18.2 Å². The fourth-order valence-corrected chi connectivity index (χ4v) is 2.49. The van der Waals surface area contributed by atoms with Crippen molar-refractivity contribution in [2.45, 2.75) is 0 Å². The second-order valence-electron chi connectivity index (χ2n) is 5.70. The van der Waals surface area contributed by atoms with Crippen LogP contribution in [0.2, 0.25) is 0 Å². The fourth-order valence-electron chi connectivity index (χ4n) is 2.49. The Bertz CT molecular complexity index is 1120. The molecule has 0 aliphatic carbocycles. The Balaban J connectivity index is 2.22. The minimum absolute atomic E-state index is 0.263. The third-order valence-corrected chi connectivity index (χ3v) is 3.92. The first-order valence-electron chi connectivity index (χ1n) is 7.76. The van der Waals surface area contributed by atoms with Gasteiger partial charge in [-0.05, 0) is 12.1 Å². The van der Waals surface area contributed by atoms with E-state index in [1.807, 2.05) is 0 Å². The maximum atomic E-state index is 14.4. The molecule has 0 heterocycles. The van der Waals surface area contributed by atoms with Gasteiger partial charge in [-0.15, -0.1) is 0 Å². The summed E-state index contributed by atoms with van der Waals surface area (Å²) in [6.07, 6.45) is 0. The van der Waals surface area contributed by atoms with Gasteiger partial charge in [0.15, 0.2) is 29.0 Å². The van der Waals surface area contributed by atoms with Crippen LogP contribution in [0.3, 0.4) is 0 Å². The molecular weight excluding hydrogens is 428 g/mol. The molecule has 0 aliphatic rings. The number of halogens is 8. The van der Waals surface area contributed by atoms with E-state index in [0.717, 1.165) is 12.1 Å². The molecule has 3 aromatic carbocycles. The Hall–Kier alpha value is -3.63. The zero-order valence-electron chi connectivity index (χ0n) is 14.2. The summed E-state index contributed by atoms with van der Waals surface area (Å²) >= 11 is 0. The quantitative estimate of drug-likeness (QED) is 0.260. The second-order valence-corrected chi connectivity index (χ2v) is 5.70. The maximum Gasteiger partial charge on any atom is 0.343 e. The molecular formula is C19H6F8O3. The highest BCUT2D eigenvalue weighted by Gasteiger charge is 2.35. The molecule has 3 aromatic rings. The molecule has 1 N–H and O–H groups in total. The summed E-state index contributed by atoms with van der Waals surface area (Å²) in [4.78, 5) is 11.9. The van der Waals surface area contributed by atoms with Gasteiger partial charge >= 0.3 is 5.97 Å². The zero-order chi connectivity index (χ0) is 22.3. The van der Waals surface area contributed by atoms with Gasteiger partial charge in [-0.25, -0.2) is 22.4 Å². The first-order valence-corrected chi connectivity index (χ1v) is 7.76. The molecule has 3 rings (SSSR count). The van der Waals surface area contributed by atoms with E-state index in [-0.39, 0.29) is 5.56 Å². The van der Waals surface area contributed by atoms with Gasteiger partial charge in [0.25, 0.3) is 0 Å². The predicted octanol–water partition coefficient (Wildman–Crippen LogP) is 5.39. The molecule has 0 aliphatic heterocycles. The van der Waals surface area contributed by atoms with E-state index >= 15 is 0 Å². The lowest BCUT2D eigenvalue weighted by Gasteiger charge is -2.14. The largest absolute Gasteiger partial charge is 0.503 e. The molecule has 0 radical (unpaired) electrons. The van der Waals surface area contributed by atoms with Gasteiger partial charge in [0.1, 0.15) is 0 Å². The summed E-state index contributed by atoms with van der Waals surface area (Å²) in [6.45, 7) is 0. The fraction of sp³-hybridized carbons (Fsp3) is 0. The summed E-state index contributed by atoms with van der Waals surface area (Å²) in [5.41, 5.74) is -4.57. The first kappa shape index (κ1) is 21.1. The Labute approximate surface area is 161 Å². The summed E-state index contributed by atoms with van der Waals surface area (Å²) in [5.74, 6) is -25.2. The Morgan fingerprint density at radius 1 is 0.633 bits per heavy atom. The number of carbonyl (C=O) groups excluding carboxylic acids is 1. The summed E-state index contributed by atoms with van der Waals surface area (Å²) in [5, 5.41) is 8.92. The van der Waals surface area contributed by atoms with E-state index in [2.05, 4.69) is 4.74 Å². The van der Waals surface area contributed by atoms with E-state index in [9.17, 15) is 39.9 Å². The SMILES string of the molecule is O=C(Oc1c(F)c(F)c(-c2c(F)c(F)c(O)c(F)c2F)c(F)c1F)c1ccccc1. The number of phenolic OH excluding ortho intramolecular Hbond substituents is 1. The van der Waals surface area contributed by atoms with Crippen molar-refractivity contribution in [3.8, 4) is 22.6 Å². The maximum absolute atomic E-state index is 14.4. The van der Waals surface area contributed by atoms with Crippen molar-refractivity contribution >= 4 is 5.97 Å². The number of esters is 1. The summed E-state index contributed by atoms with van der Waals surface area (Å²) in [7, 11) is 0. The van der Waals surface area contributed by atoms with Gasteiger partial charge in [-0.2, -0.15) is 17.6 Å². The molecule has 0 aromatic heterocycles. The molecule has 0 unspecified atom stereocenters. The molecule has 3 nitrogen and oxygen atoms in total. The van der Waals surface area contributed by atoms with Crippen molar-refractivity contribution in [2.24, 2.45) is 0 Å². The van der Waals surface area contributed by atoms with Crippen LogP contribution in [-0.4, -0.2) is 11.1 Å². The number of carbonyl (C=O) groups is 1. The number of hydrogen-bond acceptors (Lipinski definition) is 3.